The zero-order valence-corrected chi connectivity index (χ0v) is 20.8. The first-order chi connectivity index (χ1) is 17.0. The molecule has 5 rings (SSSR count). The van der Waals surface area contributed by atoms with Crippen LogP contribution in [0.25, 0.3) is 5.69 Å². The summed E-state index contributed by atoms with van der Waals surface area (Å²) in [6.45, 7) is 7.74. The van der Waals surface area contributed by atoms with E-state index >= 15 is 0 Å². The van der Waals surface area contributed by atoms with E-state index in [-0.39, 0.29) is 23.3 Å². The van der Waals surface area contributed by atoms with Gasteiger partial charge in [-0.1, -0.05) is 12.1 Å². The molecule has 3 amide bonds. The number of carbonyl (C=O) groups excluding carboxylic acids is 2. The van der Waals surface area contributed by atoms with Crippen LogP contribution in [-0.2, 0) is 11.3 Å². The van der Waals surface area contributed by atoms with Gasteiger partial charge < -0.3 is 21.3 Å². The van der Waals surface area contributed by atoms with E-state index in [0.717, 1.165) is 26.1 Å². The van der Waals surface area contributed by atoms with Gasteiger partial charge in [0, 0.05) is 57.5 Å². The lowest BCUT2D eigenvalue weighted by Crippen LogP contribution is -2.58. The third-order valence-corrected chi connectivity index (χ3v) is 7.34. The van der Waals surface area contributed by atoms with Crippen molar-refractivity contribution in [3.8, 4) is 5.69 Å². The van der Waals surface area contributed by atoms with Crippen LogP contribution < -0.4 is 22.5 Å². The van der Waals surface area contributed by atoms with Crippen molar-refractivity contribution < 1.29 is 9.59 Å². The molecule has 11 nitrogen and oxygen atoms in total. The summed E-state index contributed by atoms with van der Waals surface area (Å²) < 4.78 is 1.44. The van der Waals surface area contributed by atoms with Crippen LogP contribution >= 0.6 is 0 Å². The first kappa shape index (κ1) is 24.4. The van der Waals surface area contributed by atoms with Crippen molar-refractivity contribution in [1.82, 2.24) is 24.3 Å². The third kappa shape index (κ3) is 4.99. The molecule has 11 heteroatoms. The summed E-state index contributed by atoms with van der Waals surface area (Å²) in [4.78, 5) is 47.3. The van der Waals surface area contributed by atoms with Crippen molar-refractivity contribution in [3.63, 3.8) is 0 Å². The number of urea groups is 1. The van der Waals surface area contributed by atoms with Crippen molar-refractivity contribution in [2.45, 2.75) is 37.9 Å². The number of nitrogens with one attached hydrogen (secondary N) is 1. The molecule has 3 aliphatic rings. The minimum absolute atomic E-state index is 0.0329. The maximum Gasteiger partial charge on any atom is 0.354 e. The van der Waals surface area contributed by atoms with Gasteiger partial charge in [-0.3, -0.25) is 19.6 Å². The van der Waals surface area contributed by atoms with Crippen molar-refractivity contribution in [3.05, 3.63) is 52.6 Å². The van der Waals surface area contributed by atoms with Crippen LogP contribution in [0, 0.1) is 5.92 Å². The highest BCUT2D eigenvalue weighted by Crippen LogP contribution is 2.47. The van der Waals surface area contributed by atoms with Gasteiger partial charge in [-0.2, -0.15) is 4.98 Å². The van der Waals surface area contributed by atoms with E-state index in [4.69, 9.17) is 11.5 Å². The Morgan fingerprint density at radius 2 is 1.78 bits per heavy atom. The summed E-state index contributed by atoms with van der Waals surface area (Å²) in [6, 6.07) is 9.06. The van der Waals surface area contributed by atoms with Gasteiger partial charge in [0.1, 0.15) is 5.82 Å². The minimum Gasteiger partial charge on any atom is -0.338 e. The Morgan fingerprint density at radius 3 is 2.36 bits per heavy atom. The lowest BCUT2D eigenvalue weighted by Gasteiger charge is -2.37. The van der Waals surface area contributed by atoms with Crippen LogP contribution in [0.2, 0.25) is 0 Å². The molecule has 5 N–H and O–H groups in total. The maximum atomic E-state index is 12.7. The van der Waals surface area contributed by atoms with Crippen molar-refractivity contribution in [2.24, 2.45) is 17.4 Å². The Labute approximate surface area is 210 Å². The summed E-state index contributed by atoms with van der Waals surface area (Å²) in [7, 11) is 0. The number of benzene rings is 1. The van der Waals surface area contributed by atoms with E-state index in [2.05, 4.69) is 15.2 Å². The van der Waals surface area contributed by atoms with Gasteiger partial charge in [-0.05, 0) is 49.9 Å². The van der Waals surface area contributed by atoms with Gasteiger partial charge >= 0.3 is 11.7 Å². The van der Waals surface area contributed by atoms with Crippen LogP contribution in [0.5, 0.6) is 0 Å². The number of nitrogens with two attached hydrogens (primary N) is 2. The summed E-state index contributed by atoms with van der Waals surface area (Å²) in [6.07, 6.45) is 2.74. The number of anilines is 1. The average Bonchev–Trinajstić information content (AvgIpc) is 3.35. The topological polar surface area (TPSA) is 143 Å². The molecular formula is C25H34N8O3. The summed E-state index contributed by atoms with van der Waals surface area (Å²) in [5.74, 6) is 0.679. The fourth-order valence-electron chi connectivity index (χ4n) is 5.15. The largest absolute Gasteiger partial charge is 0.354 e. The molecule has 2 aliphatic heterocycles. The van der Waals surface area contributed by atoms with Gasteiger partial charge in [-0.25, -0.2) is 9.59 Å². The highest BCUT2D eigenvalue weighted by Gasteiger charge is 2.56. The fraction of sp³-hybridized carbons (Fsp3) is 0.520. The van der Waals surface area contributed by atoms with Gasteiger partial charge in [-0.15, -0.1) is 0 Å². The molecule has 0 bridgehead atoms. The third-order valence-electron chi connectivity index (χ3n) is 7.34. The van der Waals surface area contributed by atoms with E-state index in [1.165, 1.54) is 10.1 Å². The number of carbonyl (C=O) groups is 2. The number of aromatic nitrogens is 2. The second kappa shape index (κ2) is 8.99. The Balaban J connectivity index is 1.16. The molecule has 2 saturated heterocycles. The van der Waals surface area contributed by atoms with E-state index < -0.39 is 11.2 Å². The molecule has 1 unspecified atom stereocenters. The van der Waals surface area contributed by atoms with Crippen LogP contribution in [-0.4, -0.2) is 86.5 Å². The van der Waals surface area contributed by atoms with Crippen molar-refractivity contribution in [1.29, 1.82) is 0 Å². The fourth-order valence-corrected chi connectivity index (χ4v) is 5.15. The standard InChI is InChI=1S/C25H34N8O3/c1-24(2,26)21(34)31-9-11-32(12-10-31)22(35)28-20-7-8-33(23(36)29-20)19-5-3-17(4-6-19)14-30-15-18-13-25(18,27)16-30/h3-8,18H,9-16,26-27H2,1-2H3,(H,28,29,35,36)/t18-,25?/m1/s1. The molecular weight excluding hydrogens is 460 g/mol. The Kier molecular flexibility index (Phi) is 6.09. The number of fused-ring (bicyclic) bond motifs is 1. The van der Waals surface area contributed by atoms with E-state index in [1.54, 1.807) is 35.9 Å². The smallest absolute Gasteiger partial charge is 0.338 e. The summed E-state index contributed by atoms with van der Waals surface area (Å²) in [5, 5.41) is 2.68. The predicted molar refractivity (Wildman–Crippen MR) is 136 cm³/mol. The van der Waals surface area contributed by atoms with Gasteiger partial charge in [0.05, 0.1) is 11.2 Å². The maximum absolute atomic E-state index is 12.7. The van der Waals surface area contributed by atoms with Gasteiger partial charge in [0.15, 0.2) is 0 Å². The molecule has 1 aliphatic carbocycles. The van der Waals surface area contributed by atoms with E-state index in [9.17, 15) is 14.4 Å². The van der Waals surface area contributed by atoms with Gasteiger partial charge in [0.2, 0.25) is 5.91 Å². The Hall–Kier alpha value is -3.28. The number of amides is 3. The lowest BCUT2D eigenvalue weighted by molar-refractivity contribution is -0.137. The number of piperidine rings is 1. The monoisotopic (exact) mass is 494 g/mol. The Bertz CT molecular complexity index is 1210. The number of likely N-dealkylation sites (tertiary alicyclic amines) is 1. The van der Waals surface area contributed by atoms with Crippen LogP contribution in [0.15, 0.2) is 41.3 Å². The summed E-state index contributed by atoms with van der Waals surface area (Å²) in [5.41, 5.74) is 12.7. The first-order valence-corrected chi connectivity index (χ1v) is 12.4. The van der Waals surface area contributed by atoms with Gasteiger partial charge in [0.25, 0.3) is 0 Å². The van der Waals surface area contributed by atoms with Crippen LogP contribution in [0.4, 0.5) is 10.6 Å². The molecule has 0 radical (unpaired) electrons. The number of hydrogen-bond donors (Lipinski definition) is 3. The number of piperazine rings is 1. The summed E-state index contributed by atoms with van der Waals surface area (Å²) >= 11 is 0. The lowest BCUT2D eigenvalue weighted by atomic mass is 10.1. The molecule has 36 heavy (non-hydrogen) atoms. The van der Waals surface area contributed by atoms with Crippen LogP contribution in [0.1, 0.15) is 25.8 Å². The minimum atomic E-state index is -0.944. The SMILES string of the molecule is CC(C)(N)C(=O)N1CCN(C(=O)Nc2ccn(-c3ccc(CN4C[C@H]5CC5(N)C4)cc3)c(=O)n2)CC1. The second-order valence-electron chi connectivity index (χ2n) is 10.9. The normalized spacial score (nSPS) is 23.9. The zero-order valence-electron chi connectivity index (χ0n) is 20.8. The predicted octanol–water partition coefficient (Wildman–Crippen LogP) is 0.179. The number of rotatable bonds is 5. The molecule has 0 spiro atoms. The second-order valence-corrected chi connectivity index (χ2v) is 10.9. The molecule has 1 saturated carbocycles. The van der Waals surface area contributed by atoms with Crippen molar-refractivity contribution >= 4 is 17.8 Å². The highest BCUT2D eigenvalue weighted by atomic mass is 16.2. The number of nitrogens with zero attached hydrogens (tertiary/aromatic N) is 5. The molecule has 3 fully saturated rings. The first-order valence-electron chi connectivity index (χ1n) is 12.4. The molecule has 192 valence electrons. The Morgan fingerprint density at radius 1 is 1.11 bits per heavy atom. The number of hydrogen-bond acceptors (Lipinski definition) is 7. The molecule has 1 aromatic heterocycles. The highest BCUT2D eigenvalue weighted by molar-refractivity contribution is 5.89. The van der Waals surface area contributed by atoms with Crippen LogP contribution in [0.3, 0.4) is 0 Å². The quantitative estimate of drug-likeness (QED) is 0.538. The molecule has 2 atom stereocenters. The average molecular weight is 495 g/mol. The zero-order chi connectivity index (χ0) is 25.7. The van der Waals surface area contributed by atoms with Crippen molar-refractivity contribution in [2.75, 3.05) is 44.6 Å². The molecule has 1 aromatic carbocycles. The molecule has 2 aromatic rings. The van der Waals surface area contributed by atoms with E-state index in [0.29, 0.717) is 37.8 Å². The van der Waals surface area contributed by atoms with E-state index in [1.807, 2.05) is 24.3 Å². The molecule has 3 heterocycles.